The summed E-state index contributed by atoms with van der Waals surface area (Å²) >= 11 is 1.75. The Morgan fingerprint density at radius 1 is 1.25 bits per heavy atom. The molecule has 2 heterocycles. The monoisotopic (exact) mass is 343 g/mol. The zero-order valence-corrected chi connectivity index (χ0v) is 15.3. The number of hydrogen-bond donors (Lipinski definition) is 0. The van der Waals surface area contributed by atoms with E-state index in [-0.39, 0.29) is 5.91 Å². The number of aromatic nitrogens is 1. The van der Waals surface area contributed by atoms with Crippen LogP contribution in [0.15, 0.2) is 29.6 Å². The fourth-order valence-electron chi connectivity index (χ4n) is 3.11. The predicted octanol–water partition coefficient (Wildman–Crippen LogP) is 3.36. The van der Waals surface area contributed by atoms with Gasteiger partial charge in [-0.3, -0.25) is 9.69 Å². The summed E-state index contributed by atoms with van der Waals surface area (Å²) in [6.45, 7) is 8.62. The van der Waals surface area contributed by atoms with Crippen LogP contribution < -0.4 is 0 Å². The van der Waals surface area contributed by atoms with Crippen molar-refractivity contribution in [1.82, 2.24) is 14.8 Å². The lowest BCUT2D eigenvalue weighted by Gasteiger charge is -2.21. The van der Waals surface area contributed by atoms with Crippen molar-refractivity contribution in [3.8, 4) is 0 Å². The summed E-state index contributed by atoms with van der Waals surface area (Å²) in [5.74, 6) is 0.155. The summed E-state index contributed by atoms with van der Waals surface area (Å²) in [7, 11) is 0. The number of benzene rings is 1. The number of amides is 1. The van der Waals surface area contributed by atoms with Crippen LogP contribution in [0.1, 0.15) is 40.0 Å². The SMILES string of the molecule is CCc1nc(CN2CCCN(C(=O)c3cccc(C)c3)CC2)cs1. The molecule has 0 saturated carbocycles. The number of nitrogens with zero attached hydrogens (tertiary/aromatic N) is 3. The molecule has 0 spiro atoms. The van der Waals surface area contributed by atoms with Gasteiger partial charge in [0.25, 0.3) is 5.91 Å². The summed E-state index contributed by atoms with van der Waals surface area (Å²) in [6.07, 6.45) is 2.02. The van der Waals surface area contributed by atoms with E-state index in [2.05, 4.69) is 22.2 Å². The average Bonchev–Trinajstić information content (AvgIpc) is 2.91. The third-order valence-electron chi connectivity index (χ3n) is 4.43. The van der Waals surface area contributed by atoms with Gasteiger partial charge in [-0.2, -0.15) is 0 Å². The fraction of sp³-hybridized carbons (Fsp3) is 0.474. The lowest BCUT2D eigenvalue weighted by molar-refractivity contribution is 0.0761. The summed E-state index contributed by atoms with van der Waals surface area (Å²) in [5, 5.41) is 3.37. The van der Waals surface area contributed by atoms with Crippen molar-refractivity contribution in [2.45, 2.75) is 33.2 Å². The average molecular weight is 343 g/mol. The van der Waals surface area contributed by atoms with Gasteiger partial charge in [0.15, 0.2) is 0 Å². The van der Waals surface area contributed by atoms with Gasteiger partial charge in [0.1, 0.15) is 0 Å². The van der Waals surface area contributed by atoms with Crippen LogP contribution in [0.25, 0.3) is 0 Å². The summed E-state index contributed by atoms with van der Waals surface area (Å²) in [5.41, 5.74) is 3.10. The van der Waals surface area contributed by atoms with Crippen molar-refractivity contribution in [2.24, 2.45) is 0 Å². The Morgan fingerprint density at radius 2 is 2.12 bits per heavy atom. The Balaban J connectivity index is 1.59. The Labute approximate surface area is 148 Å². The van der Waals surface area contributed by atoms with Crippen molar-refractivity contribution in [3.05, 3.63) is 51.5 Å². The maximum atomic E-state index is 12.7. The van der Waals surface area contributed by atoms with E-state index in [9.17, 15) is 4.79 Å². The van der Waals surface area contributed by atoms with Gasteiger partial charge in [0.2, 0.25) is 0 Å². The van der Waals surface area contributed by atoms with E-state index < -0.39 is 0 Å². The van der Waals surface area contributed by atoms with Crippen molar-refractivity contribution in [2.75, 3.05) is 26.2 Å². The molecule has 0 bridgehead atoms. The molecule has 1 saturated heterocycles. The second-order valence-electron chi connectivity index (χ2n) is 6.38. The number of hydrogen-bond acceptors (Lipinski definition) is 4. The molecule has 0 atom stereocenters. The quantitative estimate of drug-likeness (QED) is 0.854. The third-order valence-corrected chi connectivity index (χ3v) is 5.47. The molecule has 1 aliphatic rings. The molecule has 4 nitrogen and oxygen atoms in total. The third kappa shape index (κ3) is 4.22. The van der Waals surface area contributed by atoms with Crippen LogP contribution in [-0.4, -0.2) is 46.9 Å². The molecule has 1 aromatic carbocycles. The molecule has 1 fully saturated rings. The van der Waals surface area contributed by atoms with E-state index >= 15 is 0 Å². The van der Waals surface area contributed by atoms with Gasteiger partial charge in [-0.25, -0.2) is 4.98 Å². The topological polar surface area (TPSA) is 36.4 Å². The van der Waals surface area contributed by atoms with Crippen molar-refractivity contribution in [3.63, 3.8) is 0 Å². The summed E-state index contributed by atoms with van der Waals surface area (Å²) < 4.78 is 0. The minimum atomic E-state index is 0.155. The van der Waals surface area contributed by atoms with Gasteiger partial charge in [0.05, 0.1) is 10.7 Å². The van der Waals surface area contributed by atoms with Crippen LogP contribution in [0.3, 0.4) is 0 Å². The van der Waals surface area contributed by atoms with Crippen LogP contribution in [0.5, 0.6) is 0 Å². The van der Waals surface area contributed by atoms with Gasteiger partial charge < -0.3 is 4.90 Å². The highest BCUT2D eigenvalue weighted by Gasteiger charge is 2.20. The van der Waals surface area contributed by atoms with Gasteiger partial charge in [0, 0.05) is 43.7 Å². The van der Waals surface area contributed by atoms with Gasteiger partial charge in [-0.05, 0) is 31.9 Å². The van der Waals surface area contributed by atoms with Crippen LogP contribution >= 0.6 is 11.3 Å². The molecule has 1 aromatic heterocycles. The predicted molar refractivity (Wildman–Crippen MR) is 98.5 cm³/mol. The van der Waals surface area contributed by atoms with E-state index in [1.54, 1.807) is 11.3 Å². The second kappa shape index (κ2) is 7.90. The van der Waals surface area contributed by atoms with E-state index in [1.165, 1.54) is 5.01 Å². The maximum absolute atomic E-state index is 12.7. The highest BCUT2D eigenvalue weighted by Crippen LogP contribution is 2.15. The van der Waals surface area contributed by atoms with Gasteiger partial charge in [-0.1, -0.05) is 24.6 Å². The van der Waals surface area contributed by atoms with E-state index in [1.807, 2.05) is 36.1 Å². The Bertz CT molecular complexity index is 697. The molecule has 1 amide bonds. The van der Waals surface area contributed by atoms with E-state index in [0.29, 0.717) is 0 Å². The van der Waals surface area contributed by atoms with Crippen molar-refractivity contribution >= 4 is 17.2 Å². The standard InChI is InChI=1S/C19H25N3OS/c1-3-18-20-17(14-24-18)13-21-8-5-9-22(11-10-21)19(23)16-7-4-6-15(2)12-16/h4,6-7,12,14H,3,5,8-11,13H2,1-2H3. The van der Waals surface area contributed by atoms with Gasteiger partial charge >= 0.3 is 0 Å². The number of thiazole rings is 1. The molecule has 3 rings (SSSR count). The number of carbonyl (C=O) groups excluding carboxylic acids is 1. The van der Waals surface area contributed by atoms with E-state index in [4.69, 9.17) is 0 Å². The minimum absolute atomic E-state index is 0.155. The normalized spacial score (nSPS) is 16.2. The lowest BCUT2D eigenvalue weighted by Crippen LogP contribution is -2.35. The van der Waals surface area contributed by atoms with E-state index in [0.717, 1.165) is 62.4 Å². The largest absolute Gasteiger partial charge is 0.337 e. The minimum Gasteiger partial charge on any atom is -0.337 e. The first-order valence-electron chi connectivity index (χ1n) is 8.67. The summed E-state index contributed by atoms with van der Waals surface area (Å²) in [4.78, 5) is 21.8. The Morgan fingerprint density at radius 3 is 2.88 bits per heavy atom. The molecule has 24 heavy (non-hydrogen) atoms. The summed E-state index contributed by atoms with van der Waals surface area (Å²) in [6, 6.07) is 7.88. The molecule has 5 heteroatoms. The van der Waals surface area contributed by atoms with Crippen LogP contribution in [0, 0.1) is 6.92 Å². The highest BCUT2D eigenvalue weighted by atomic mass is 32.1. The number of carbonyl (C=O) groups is 1. The fourth-order valence-corrected chi connectivity index (χ4v) is 3.84. The molecular weight excluding hydrogens is 318 g/mol. The Kier molecular flexibility index (Phi) is 5.63. The Hall–Kier alpha value is -1.72. The number of rotatable bonds is 4. The van der Waals surface area contributed by atoms with Crippen molar-refractivity contribution < 1.29 is 4.79 Å². The molecule has 0 unspecified atom stereocenters. The maximum Gasteiger partial charge on any atom is 0.253 e. The zero-order valence-electron chi connectivity index (χ0n) is 14.5. The number of aryl methyl sites for hydroxylation is 2. The molecular formula is C19H25N3OS. The second-order valence-corrected chi connectivity index (χ2v) is 7.32. The molecule has 128 valence electrons. The van der Waals surface area contributed by atoms with Gasteiger partial charge in [-0.15, -0.1) is 11.3 Å². The van der Waals surface area contributed by atoms with Crippen LogP contribution in [0.4, 0.5) is 0 Å². The molecule has 1 aliphatic heterocycles. The zero-order chi connectivity index (χ0) is 16.9. The first kappa shape index (κ1) is 17.1. The molecule has 2 aromatic rings. The van der Waals surface area contributed by atoms with Crippen LogP contribution in [0.2, 0.25) is 0 Å². The highest BCUT2D eigenvalue weighted by molar-refractivity contribution is 7.09. The molecule has 0 aliphatic carbocycles. The molecule has 0 N–H and O–H groups in total. The van der Waals surface area contributed by atoms with Crippen LogP contribution in [-0.2, 0) is 13.0 Å². The first-order valence-corrected chi connectivity index (χ1v) is 9.55. The molecule has 0 radical (unpaired) electrons. The van der Waals surface area contributed by atoms with Crippen molar-refractivity contribution in [1.29, 1.82) is 0 Å². The lowest BCUT2D eigenvalue weighted by atomic mass is 10.1. The first-order chi connectivity index (χ1) is 11.7. The smallest absolute Gasteiger partial charge is 0.253 e.